The first-order valence-corrected chi connectivity index (χ1v) is 8.33. The summed E-state index contributed by atoms with van der Waals surface area (Å²) in [5.74, 6) is -0.142. The van der Waals surface area contributed by atoms with Gasteiger partial charge < -0.3 is 5.32 Å². The van der Waals surface area contributed by atoms with Crippen molar-refractivity contribution in [1.82, 2.24) is 5.32 Å². The predicted octanol–water partition coefficient (Wildman–Crippen LogP) is 2.60. The molecule has 0 saturated carbocycles. The molecule has 0 fully saturated rings. The fourth-order valence-electron chi connectivity index (χ4n) is 1.71. The minimum atomic E-state index is -3.77. The Balaban J connectivity index is 3.04. The Hall–Kier alpha value is -0.130. The van der Waals surface area contributed by atoms with Gasteiger partial charge in [-0.25, -0.2) is 0 Å². The van der Waals surface area contributed by atoms with Gasteiger partial charge in [0.2, 0.25) is 0 Å². The lowest BCUT2D eigenvalue weighted by Crippen LogP contribution is -2.19. The zero-order valence-electron chi connectivity index (χ0n) is 11.0. The maximum atomic E-state index is 10.4. The lowest BCUT2D eigenvalue weighted by atomic mass is 10.1. The summed E-state index contributed by atoms with van der Waals surface area (Å²) in [6.45, 7) is 3.82. The third-order valence-electron chi connectivity index (χ3n) is 2.71. The first-order valence-electron chi connectivity index (χ1n) is 6.72. The van der Waals surface area contributed by atoms with E-state index < -0.39 is 10.1 Å². The topological polar surface area (TPSA) is 66.4 Å². The third kappa shape index (κ3) is 15.9. The maximum Gasteiger partial charge on any atom is 0.264 e. The van der Waals surface area contributed by atoms with Crippen molar-refractivity contribution >= 4 is 10.1 Å². The van der Waals surface area contributed by atoms with Gasteiger partial charge in [0, 0.05) is 0 Å². The highest BCUT2D eigenvalue weighted by Crippen LogP contribution is 2.06. The highest BCUT2D eigenvalue weighted by Gasteiger charge is 2.02. The molecule has 0 aliphatic carbocycles. The van der Waals surface area contributed by atoms with E-state index in [4.69, 9.17) is 4.55 Å². The molecule has 0 spiro atoms. The van der Waals surface area contributed by atoms with Crippen molar-refractivity contribution in [3.8, 4) is 0 Å². The SMILES string of the molecule is CCCCCCCCCNCCCS(=O)(=O)O. The minimum absolute atomic E-state index is 0.142. The van der Waals surface area contributed by atoms with Gasteiger partial charge >= 0.3 is 0 Å². The Morgan fingerprint density at radius 1 is 0.882 bits per heavy atom. The molecule has 0 unspecified atom stereocenters. The van der Waals surface area contributed by atoms with Crippen LogP contribution in [0.2, 0.25) is 0 Å². The van der Waals surface area contributed by atoms with Crippen LogP contribution in [0.1, 0.15) is 58.3 Å². The van der Waals surface area contributed by atoms with Crippen LogP contribution in [0.25, 0.3) is 0 Å². The third-order valence-corrected chi connectivity index (χ3v) is 3.52. The molecular weight excluding hydrogens is 238 g/mol. The summed E-state index contributed by atoms with van der Waals surface area (Å²) >= 11 is 0. The molecule has 17 heavy (non-hydrogen) atoms. The van der Waals surface area contributed by atoms with Gasteiger partial charge in [0.25, 0.3) is 10.1 Å². The molecule has 0 rings (SSSR count). The largest absolute Gasteiger partial charge is 0.317 e. The van der Waals surface area contributed by atoms with E-state index in [1.807, 2.05) is 0 Å². The lowest BCUT2D eigenvalue weighted by molar-refractivity contribution is 0.479. The molecule has 0 aliphatic rings. The fraction of sp³-hybridized carbons (Fsp3) is 1.00. The highest BCUT2D eigenvalue weighted by atomic mass is 32.2. The molecule has 5 heteroatoms. The summed E-state index contributed by atoms with van der Waals surface area (Å²) in [7, 11) is -3.77. The molecule has 104 valence electrons. The number of hydrogen-bond donors (Lipinski definition) is 2. The standard InChI is InChI=1S/C12H27NO3S/c1-2-3-4-5-6-7-8-10-13-11-9-12-17(14,15)16/h13H,2-12H2,1H3,(H,14,15,16). The van der Waals surface area contributed by atoms with Gasteiger partial charge in [-0.3, -0.25) is 4.55 Å². The molecule has 0 aromatic carbocycles. The molecule has 0 heterocycles. The Kier molecular flexibility index (Phi) is 10.9. The highest BCUT2D eigenvalue weighted by molar-refractivity contribution is 7.85. The molecule has 0 aliphatic heterocycles. The Labute approximate surface area is 106 Å². The van der Waals surface area contributed by atoms with E-state index in [-0.39, 0.29) is 5.75 Å². The van der Waals surface area contributed by atoms with Crippen LogP contribution in [0.5, 0.6) is 0 Å². The van der Waals surface area contributed by atoms with Gasteiger partial charge in [-0.1, -0.05) is 45.4 Å². The van der Waals surface area contributed by atoms with Gasteiger partial charge in [-0.15, -0.1) is 0 Å². The van der Waals surface area contributed by atoms with E-state index in [9.17, 15) is 8.42 Å². The van der Waals surface area contributed by atoms with E-state index in [0.717, 1.165) is 13.0 Å². The monoisotopic (exact) mass is 265 g/mol. The van der Waals surface area contributed by atoms with Crippen molar-refractivity contribution in [3.05, 3.63) is 0 Å². The molecule has 0 bridgehead atoms. The number of nitrogens with one attached hydrogen (secondary N) is 1. The average molecular weight is 265 g/mol. The Morgan fingerprint density at radius 2 is 1.41 bits per heavy atom. The van der Waals surface area contributed by atoms with Crippen LogP contribution in [0.3, 0.4) is 0 Å². The van der Waals surface area contributed by atoms with Crippen LogP contribution in [0.4, 0.5) is 0 Å². The van der Waals surface area contributed by atoms with Crippen molar-refractivity contribution in [3.63, 3.8) is 0 Å². The summed E-state index contributed by atoms with van der Waals surface area (Å²) in [6, 6.07) is 0. The summed E-state index contributed by atoms with van der Waals surface area (Å²) in [5, 5.41) is 3.18. The summed E-state index contributed by atoms with van der Waals surface area (Å²) < 4.78 is 29.3. The molecule has 0 atom stereocenters. The van der Waals surface area contributed by atoms with Gasteiger partial charge in [-0.2, -0.15) is 8.42 Å². The molecule has 0 radical (unpaired) electrons. The van der Waals surface area contributed by atoms with Gasteiger partial charge in [0.05, 0.1) is 5.75 Å². The van der Waals surface area contributed by atoms with Crippen LogP contribution >= 0.6 is 0 Å². The average Bonchev–Trinajstić information content (AvgIpc) is 2.24. The van der Waals surface area contributed by atoms with Crippen molar-refractivity contribution in [2.45, 2.75) is 58.3 Å². The van der Waals surface area contributed by atoms with Crippen LogP contribution in [0.15, 0.2) is 0 Å². The van der Waals surface area contributed by atoms with E-state index in [0.29, 0.717) is 13.0 Å². The molecule has 0 aromatic rings. The summed E-state index contributed by atoms with van der Waals surface area (Å²) in [5.41, 5.74) is 0. The number of hydrogen-bond acceptors (Lipinski definition) is 3. The van der Waals surface area contributed by atoms with Gasteiger partial charge in [0.1, 0.15) is 0 Å². The smallest absolute Gasteiger partial charge is 0.264 e. The molecule has 0 saturated heterocycles. The van der Waals surface area contributed by atoms with Crippen molar-refractivity contribution in [2.75, 3.05) is 18.8 Å². The van der Waals surface area contributed by atoms with E-state index in [1.54, 1.807) is 0 Å². The van der Waals surface area contributed by atoms with E-state index >= 15 is 0 Å². The quantitative estimate of drug-likeness (QED) is 0.420. The van der Waals surface area contributed by atoms with Crippen molar-refractivity contribution < 1.29 is 13.0 Å². The fourth-order valence-corrected chi connectivity index (χ4v) is 2.22. The summed E-state index contributed by atoms with van der Waals surface area (Å²) in [6.07, 6.45) is 9.48. The zero-order valence-corrected chi connectivity index (χ0v) is 11.8. The van der Waals surface area contributed by atoms with Crippen LogP contribution in [0, 0.1) is 0 Å². The summed E-state index contributed by atoms with van der Waals surface area (Å²) in [4.78, 5) is 0. The molecule has 0 aromatic heterocycles. The minimum Gasteiger partial charge on any atom is -0.317 e. The Bertz CT molecular complexity index is 252. The molecule has 0 amide bonds. The van der Waals surface area contributed by atoms with Gasteiger partial charge in [0.15, 0.2) is 0 Å². The van der Waals surface area contributed by atoms with E-state index in [1.165, 1.54) is 38.5 Å². The molecule has 2 N–H and O–H groups in total. The maximum absolute atomic E-state index is 10.4. The zero-order chi connectivity index (χ0) is 13.0. The van der Waals surface area contributed by atoms with E-state index in [2.05, 4.69) is 12.2 Å². The normalized spacial score (nSPS) is 11.9. The first-order chi connectivity index (χ1) is 8.06. The van der Waals surface area contributed by atoms with Crippen LogP contribution in [-0.2, 0) is 10.1 Å². The predicted molar refractivity (Wildman–Crippen MR) is 71.9 cm³/mol. The van der Waals surface area contributed by atoms with Crippen LogP contribution < -0.4 is 5.32 Å². The second-order valence-corrected chi connectivity index (χ2v) is 6.08. The van der Waals surface area contributed by atoms with Crippen molar-refractivity contribution in [1.29, 1.82) is 0 Å². The lowest BCUT2D eigenvalue weighted by Gasteiger charge is -2.04. The second-order valence-electron chi connectivity index (χ2n) is 4.51. The molecular formula is C12H27NO3S. The molecule has 4 nitrogen and oxygen atoms in total. The van der Waals surface area contributed by atoms with Crippen LogP contribution in [-0.4, -0.2) is 31.8 Å². The first kappa shape index (κ1) is 16.9. The van der Waals surface area contributed by atoms with Gasteiger partial charge in [-0.05, 0) is 25.9 Å². The Morgan fingerprint density at radius 3 is 2.00 bits per heavy atom. The second kappa shape index (κ2) is 11.0. The number of unbranched alkanes of at least 4 members (excludes halogenated alkanes) is 6. The number of rotatable bonds is 12. The van der Waals surface area contributed by atoms with Crippen molar-refractivity contribution in [2.24, 2.45) is 0 Å².